The van der Waals surface area contributed by atoms with Crippen molar-refractivity contribution in [1.29, 1.82) is 0 Å². The van der Waals surface area contributed by atoms with Crippen molar-refractivity contribution in [3.63, 3.8) is 0 Å². The number of aryl methyl sites for hydroxylation is 1. The molecule has 0 bridgehead atoms. The minimum Gasteiger partial charge on any atom is -0.410 e. The van der Waals surface area contributed by atoms with E-state index in [1.807, 2.05) is 12.3 Å². The normalized spacial score (nSPS) is 12.1. The zero-order valence-corrected chi connectivity index (χ0v) is 23.2. The third-order valence-electron chi connectivity index (χ3n) is 5.74. The van der Waals surface area contributed by atoms with Crippen LogP contribution in [0.4, 0.5) is 5.82 Å². The molecule has 1 N–H and O–H groups in total. The molecule has 8 nitrogen and oxygen atoms in total. The summed E-state index contributed by atoms with van der Waals surface area (Å²) in [6.45, 7) is 10.6. The smallest absolute Gasteiger partial charge is 0.350 e. The molecule has 0 amide bonds. The lowest BCUT2D eigenvalue weighted by Gasteiger charge is -2.15. The van der Waals surface area contributed by atoms with Crippen LogP contribution >= 0.6 is 23.4 Å². The highest BCUT2D eigenvalue weighted by molar-refractivity contribution is 7.98. The molecule has 0 radical (unpaired) electrons. The molecule has 0 atom stereocenters. The van der Waals surface area contributed by atoms with E-state index in [0.29, 0.717) is 47.1 Å². The Morgan fingerprint density at radius 2 is 2.09 bits per heavy atom. The maximum atomic E-state index is 12.6. The number of pyridine rings is 1. The van der Waals surface area contributed by atoms with Crippen LogP contribution in [0.15, 0.2) is 38.9 Å². The number of halogens is 1. The molecule has 0 fully saturated rings. The highest BCUT2D eigenvalue weighted by Crippen LogP contribution is 2.27. The van der Waals surface area contributed by atoms with E-state index in [4.69, 9.17) is 20.8 Å². The Morgan fingerprint density at radius 3 is 2.83 bits per heavy atom. The van der Waals surface area contributed by atoms with Crippen LogP contribution in [0, 0.1) is 6.92 Å². The fourth-order valence-electron chi connectivity index (χ4n) is 3.78. The maximum Gasteiger partial charge on any atom is 0.350 e. The summed E-state index contributed by atoms with van der Waals surface area (Å²) in [5, 5.41) is 5.32. The van der Waals surface area contributed by atoms with Crippen LogP contribution in [0.2, 0.25) is 30.9 Å². The number of nitrogens with one attached hydrogen (secondary N) is 1. The number of fused-ring (bicyclic) bond motifs is 2. The lowest BCUT2D eigenvalue weighted by Crippen LogP contribution is -2.22. The van der Waals surface area contributed by atoms with Gasteiger partial charge in [-0.25, -0.2) is 19.7 Å². The van der Waals surface area contributed by atoms with Crippen LogP contribution in [-0.4, -0.2) is 47.0 Å². The van der Waals surface area contributed by atoms with E-state index in [9.17, 15) is 4.79 Å². The van der Waals surface area contributed by atoms with E-state index in [0.717, 1.165) is 29.2 Å². The van der Waals surface area contributed by atoms with E-state index in [1.54, 1.807) is 13.1 Å². The minimum absolute atomic E-state index is 0.0478. The van der Waals surface area contributed by atoms with Gasteiger partial charge in [0.2, 0.25) is 5.22 Å². The zero-order valence-electron chi connectivity index (χ0n) is 20.6. The van der Waals surface area contributed by atoms with Crippen molar-refractivity contribution in [2.45, 2.75) is 50.9 Å². The second-order valence-corrected chi connectivity index (χ2v) is 16.3. The summed E-state index contributed by atoms with van der Waals surface area (Å²) in [5.41, 5.74) is 2.61. The van der Waals surface area contributed by atoms with Crippen LogP contribution in [0.3, 0.4) is 0 Å². The molecule has 0 saturated heterocycles. The summed E-state index contributed by atoms with van der Waals surface area (Å²) in [5.74, 6) is 0.449. The van der Waals surface area contributed by atoms with Crippen molar-refractivity contribution in [1.82, 2.24) is 19.5 Å². The molecule has 4 aromatic heterocycles. The third-order valence-corrected chi connectivity index (χ3v) is 8.35. The van der Waals surface area contributed by atoms with Crippen LogP contribution in [0.1, 0.15) is 11.1 Å². The van der Waals surface area contributed by atoms with Gasteiger partial charge in [-0.1, -0.05) is 31.4 Å². The molecule has 4 aromatic rings. The van der Waals surface area contributed by atoms with Crippen molar-refractivity contribution < 1.29 is 9.15 Å². The molecule has 0 aliphatic heterocycles. The Kier molecular flexibility index (Phi) is 7.85. The molecule has 11 heteroatoms. The molecular formula is C24H30ClN5O3SSi. The highest BCUT2D eigenvalue weighted by atomic mass is 35.5. The first-order valence-electron chi connectivity index (χ1n) is 11.5. The average Bonchev–Trinajstić information content (AvgIpc) is 3.17. The Morgan fingerprint density at radius 1 is 1.29 bits per heavy atom. The quantitative estimate of drug-likeness (QED) is 0.122. The van der Waals surface area contributed by atoms with Crippen molar-refractivity contribution in [2.24, 2.45) is 0 Å². The lowest BCUT2D eigenvalue weighted by molar-refractivity contribution is 0.0898. The fraction of sp³-hybridized carbons (Fsp3) is 0.417. The minimum atomic E-state index is -1.14. The largest absolute Gasteiger partial charge is 0.410 e. The number of ether oxygens (including phenoxy) is 1. The molecule has 35 heavy (non-hydrogen) atoms. The number of nitrogens with zero attached hydrogens (tertiary/aromatic N) is 4. The van der Waals surface area contributed by atoms with Crippen molar-refractivity contribution >= 4 is 59.2 Å². The summed E-state index contributed by atoms with van der Waals surface area (Å²) >= 11 is 7.48. The summed E-state index contributed by atoms with van der Waals surface area (Å²) in [4.78, 5) is 26.1. The number of thioether (sulfide) groups is 1. The second-order valence-electron chi connectivity index (χ2n) is 9.59. The Balaban J connectivity index is 1.54. The number of hydrogen-bond donors (Lipinski definition) is 1. The molecule has 186 valence electrons. The molecule has 0 saturated carbocycles. The monoisotopic (exact) mass is 531 g/mol. The van der Waals surface area contributed by atoms with Crippen LogP contribution in [-0.2, 0) is 17.9 Å². The summed E-state index contributed by atoms with van der Waals surface area (Å²) < 4.78 is 13.2. The Labute approximate surface area is 214 Å². The van der Waals surface area contributed by atoms with Gasteiger partial charge in [0.25, 0.3) is 0 Å². The number of hydrogen-bond acceptors (Lipinski definition) is 8. The molecule has 0 aromatic carbocycles. The summed E-state index contributed by atoms with van der Waals surface area (Å²) in [6, 6.07) is 5.14. The van der Waals surface area contributed by atoms with E-state index >= 15 is 0 Å². The van der Waals surface area contributed by atoms with Gasteiger partial charge in [0.15, 0.2) is 5.16 Å². The third kappa shape index (κ3) is 5.88. The zero-order chi connectivity index (χ0) is 25.2. The van der Waals surface area contributed by atoms with Gasteiger partial charge in [-0.3, -0.25) is 0 Å². The first-order valence-corrected chi connectivity index (χ1v) is 16.8. The van der Waals surface area contributed by atoms with Gasteiger partial charge in [-0.2, -0.15) is 0 Å². The molecule has 4 rings (SSSR count). The maximum absolute atomic E-state index is 12.6. The Hall–Kier alpha value is -2.40. The summed E-state index contributed by atoms with van der Waals surface area (Å²) in [7, 11) is -1.14. The van der Waals surface area contributed by atoms with Gasteiger partial charge in [0, 0.05) is 44.6 Å². The molecule has 0 spiro atoms. The Bertz CT molecular complexity index is 1420. The average molecular weight is 532 g/mol. The van der Waals surface area contributed by atoms with Crippen LogP contribution < -0.4 is 10.9 Å². The van der Waals surface area contributed by atoms with Crippen molar-refractivity contribution in [3.8, 4) is 0 Å². The molecule has 0 aliphatic rings. The fourth-order valence-corrected chi connectivity index (χ4v) is 5.06. The molecule has 4 heterocycles. The number of rotatable bonds is 10. The van der Waals surface area contributed by atoms with Gasteiger partial charge < -0.3 is 19.0 Å². The van der Waals surface area contributed by atoms with Gasteiger partial charge in [-0.05, 0) is 54.9 Å². The van der Waals surface area contributed by atoms with E-state index in [1.165, 1.54) is 11.8 Å². The van der Waals surface area contributed by atoms with E-state index < -0.39 is 13.7 Å². The van der Waals surface area contributed by atoms with Gasteiger partial charge in [0.1, 0.15) is 23.6 Å². The first kappa shape index (κ1) is 25.7. The lowest BCUT2D eigenvalue weighted by atomic mass is 10.1. The van der Waals surface area contributed by atoms with E-state index in [-0.39, 0.29) is 5.22 Å². The van der Waals surface area contributed by atoms with Crippen LogP contribution in [0.25, 0.3) is 21.9 Å². The molecular weight excluding hydrogens is 502 g/mol. The molecule has 0 aliphatic carbocycles. The number of aromatic nitrogens is 4. The van der Waals surface area contributed by atoms with Crippen molar-refractivity contribution in [3.05, 3.63) is 51.3 Å². The highest BCUT2D eigenvalue weighted by Gasteiger charge is 2.18. The standard InChI is InChI=1S/C24H30ClN5O3SSi/c1-15-19-18(23(31)33-20(15)25)21(29-24(28-19)34-2)26-10-8-16-13-30(14-32-11-12-35(3,4)5)22-17(16)7-6-9-27-22/h6-7,9,13H,8,10-12,14H2,1-5H3,(H,26,28,29). The van der Waals surface area contributed by atoms with Gasteiger partial charge in [0.05, 0.1) is 5.52 Å². The van der Waals surface area contributed by atoms with Gasteiger partial charge >= 0.3 is 5.63 Å². The van der Waals surface area contributed by atoms with E-state index in [2.05, 4.69) is 56.7 Å². The first-order chi connectivity index (χ1) is 16.7. The predicted molar refractivity (Wildman–Crippen MR) is 146 cm³/mol. The van der Waals surface area contributed by atoms with Crippen LogP contribution in [0.5, 0.6) is 0 Å². The molecule has 0 unspecified atom stereocenters. The predicted octanol–water partition coefficient (Wildman–Crippen LogP) is 5.58. The summed E-state index contributed by atoms with van der Waals surface area (Å²) in [6.07, 6.45) is 6.49. The topological polar surface area (TPSA) is 95.1 Å². The van der Waals surface area contributed by atoms with Crippen molar-refractivity contribution in [2.75, 3.05) is 24.7 Å². The number of anilines is 1. The van der Waals surface area contributed by atoms with Gasteiger partial charge in [-0.15, -0.1) is 0 Å². The second kappa shape index (κ2) is 10.7. The SMILES string of the molecule is CSc1nc(NCCc2cn(COCC[Si](C)(C)C)c3ncccc23)c2c(=O)oc(Cl)c(C)c2n1.